The first-order valence-corrected chi connectivity index (χ1v) is 5.09. The van der Waals surface area contributed by atoms with Gasteiger partial charge >= 0.3 is 5.97 Å². The lowest BCUT2D eigenvalue weighted by molar-refractivity contribution is 0.00798. The number of hydrogen-bond acceptors (Lipinski definition) is 4. The highest BCUT2D eigenvalue weighted by Gasteiger charge is 2.26. The van der Waals surface area contributed by atoms with E-state index in [1.807, 2.05) is 0 Å². The molecule has 5 nitrogen and oxygen atoms in total. The summed E-state index contributed by atoms with van der Waals surface area (Å²) in [5, 5.41) is 4.07. The molecule has 0 aliphatic heterocycles. The molecule has 2 N–H and O–H groups in total. The summed E-state index contributed by atoms with van der Waals surface area (Å²) in [6.07, 6.45) is 3.13. The Morgan fingerprint density at radius 3 is 2.67 bits per heavy atom. The van der Waals surface area contributed by atoms with E-state index < -0.39 is 0 Å². The second-order valence-corrected chi connectivity index (χ2v) is 3.93. The Balaban J connectivity index is 2.16. The van der Waals surface area contributed by atoms with Crippen LogP contribution in [0.4, 0.5) is 5.69 Å². The molecular weight excluding hydrogens is 194 g/mol. The maximum absolute atomic E-state index is 11.7. The summed E-state index contributed by atoms with van der Waals surface area (Å²) in [6.45, 7) is 1.77. The van der Waals surface area contributed by atoms with Crippen LogP contribution in [0.3, 0.4) is 0 Å². The van der Waals surface area contributed by atoms with Gasteiger partial charge in [-0.25, -0.2) is 4.79 Å². The maximum Gasteiger partial charge on any atom is 0.359 e. The average molecular weight is 209 g/mol. The Morgan fingerprint density at radius 2 is 2.27 bits per heavy atom. The van der Waals surface area contributed by atoms with Gasteiger partial charge in [-0.15, -0.1) is 0 Å². The van der Waals surface area contributed by atoms with E-state index >= 15 is 0 Å². The number of aryl methyl sites for hydroxylation is 2. The van der Waals surface area contributed by atoms with E-state index in [0.29, 0.717) is 17.1 Å². The number of aromatic nitrogens is 2. The lowest BCUT2D eigenvalue weighted by Gasteiger charge is -2.25. The van der Waals surface area contributed by atoms with E-state index in [1.165, 1.54) is 4.68 Å². The molecule has 1 aliphatic rings. The van der Waals surface area contributed by atoms with Gasteiger partial charge in [0.25, 0.3) is 0 Å². The third-order valence-electron chi connectivity index (χ3n) is 2.79. The molecule has 1 aromatic heterocycles. The number of carbonyl (C=O) groups is 1. The number of rotatable bonds is 2. The van der Waals surface area contributed by atoms with Gasteiger partial charge in [-0.05, 0) is 26.2 Å². The maximum atomic E-state index is 11.7. The van der Waals surface area contributed by atoms with Crippen molar-refractivity contribution in [2.45, 2.75) is 32.3 Å². The Hall–Kier alpha value is -1.52. The van der Waals surface area contributed by atoms with Gasteiger partial charge < -0.3 is 10.5 Å². The lowest BCUT2D eigenvalue weighted by atomic mass is 9.96. The quantitative estimate of drug-likeness (QED) is 0.738. The van der Waals surface area contributed by atoms with Gasteiger partial charge in [0.05, 0.1) is 11.4 Å². The smallest absolute Gasteiger partial charge is 0.359 e. The highest BCUT2D eigenvalue weighted by atomic mass is 16.5. The molecular formula is C10H15N3O2. The summed E-state index contributed by atoms with van der Waals surface area (Å²) in [4.78, 5) is 11.7. The first-order valence-electron chi connectivity index (χ1n) is 5.09. The Labute approximate surface area is 88.2 Å². The first-order chi connectivity index (χ1) is 7.09. The van der Waals surface area contributed by atoms with Crippen LogP contribution >= 0.6 is 0 Å². The van der Waals surface area contributed by atoms with Crippen molar-refractivity contribution >= 4 is 11.7 Å². The molecule has 0 aromatic carbocycles. The zero-order valence-electron chi connectivity index (χ0n) is 8.99. The van der Waals surface area contributed by atoms with Crippen molar-refractivity contribution in [1.82, 2.24) is 9.78 Å². The fourth-order valence-corrected chi connectivity index (χ4v) is 1.61. The summed E-state index contributed by atoms with van der Waals surface area (Å²) >= 11 is 0. The molecule has 0 radical (unpaired) electrons. The van der Waals surface area contributed by atoms with Crippen molar-refractivity contribution in [3.63, 3.8) is 0 Å². The van der Waals surface area contributed by atoms with E-state index in [9.17, 15) is 4.79 Å². The van der Waals surface area contributed by atoms with Crippen LogP contribution in [0.1, 0.15) is 35.4 Å². The van der Waals surface area contributed by atoms with E-state index in [4.69, 9.17) is 10.5 Å². The summed E-state index contributed by atoms with van der Waals surface area (Å²) in [6, 6.07) is 0. The van der Waals surface area contributed by atoms with E-state index in [2.05, 4.69) is 5.10 Å². The molecule has 0 spiro atoms. The number of nitrogen functional groups attached to an aromatic ring is 1. The Kier molecular flexibility index (Phi) is 2.38. The minimum absolute atomic E-state index is 0.0760. The third kappa shape index (κ3) is 1.69. The monoisotopic (exact) mass is 209 g/mol. The molecule has 1 heterocycles. The van der Waals surface area contributed by atoms with Crippen LogP contribution in [0.15, 0.2) is 0 Å². The number of esters is 1. The molecule has 1 aromatic rings. The normalized spacial score (nSPS) is 16.1. The van der Waals surface area contributed by atoms with Crippen LogP contribution in [0.5, 0.6) is 0 Å². The zero-order valence-corrected chi connectivity index (χ0v) is 8.99. The summed E-state index contributed by atoms with van der Waals surface area (Å²) < 4.78 is 6.75. The van der Waals surface area contributed by atoms with Crippen LogP contribution in [0.2, 0.25) is 0 Å². The highest BCUT2D eigenvalue weighted by Crippen LogP contribution is 2.24. The zero-order chi connectivity index (χ0) is 11.0. The van der Waals surface area contributed by atoms with Gasteiger partial charge in [0.15, 0.2) is 5.69 Å². The van der Waals surface area contributed by atoms with Crippen molar-refractivity contribution in [1.29, 1.82) is 0 Å². The fourth-order valence-electron chi connectivity index (χ4n) is 1.61. The van der Waals surface area contributed by atoms with Gasteiger partial charge in [-0.2, -0.15) is 5.10 Å². The van der Waals surface area contributed by atoms with Gasteiger partial charge in [0.2, 0.25) is 0 Å². The van der Waals surface area contributed by atoms with Gasteiger partial charge in [-0.1, -0.05) is 0 Å². The van der Waals surface area contributed by atoms with Crippen molar-refractivity contribution in [2.24, 2.45) is 7.05 Å². The van der Waals surface area contributed by atoms with E-state index in [0.717, 1.165) is 19.3 Å². The van der Waals surface area contributed by atoms with Gasteiger partial charge in [-0.3, -0.25) is 4.68 Å². The van der Waals surface area contributed by atoms with Gasteiger partial charge in [0.1, 0.15) is 6.10 Å². The standard InChI is InChI=1S/C10H15N3O2/c1-6-8(11)9(13(2)12-6)10(14)15-7-4-3-5-7/h7H,3-5,11H2,1-2H3. The number of nitrogens with two attached hydrogens (primary N) is 1. The van der Waals surface area contributed by atoms with Crippen LogP contribution < -0.4 is 5.73 Å². The van der Waals surface area contributed by atoms with Crippen LogP contribution in [0.25, 0.3) is 0 Å². The number of nitrogens with zero attached hydrogens (tertiary/aromatic N) is 2. The predicted molar refractivity (Wildman–Crippen MR) is 55.4 cm³/mol. The third-order valence-corrected chi connectivity index (χ3v) is 2.79. The molecule has 82 valence electrons. The van der Waals surface area contributed by atoms with Crippen molar-refractivity contribution in [3.8, 4) is 0 Å². The molecule has 2 rings (SSSR count). The molecule has 0 atom stereocenters. The predicted octanol–water partition coefficient (Wildman–Crippen LogP) is 1.02. The molecule has 0 saturated heterocycles. The average Bonchev–Trinajstić information content (AvgIpc) is 2.34. The molecule has 5 heteroatoms. The largest absolute Gasteiger partial charge is 0.458 e. The number of carbonyl (C=O) groups excluding carboxylic acids is 1. The van der Waals surface area contributed by atoms with Crippen LogP contribution in [0, 0.1) is 6.92 Å². The number of ether oxygens (including phenoxy) is 1. The van der Waals surface area contributed by atoms with Gasteiger partial charge in [0, 0.05) is 7.05 Å². The Morgan fingerprint density at radius 1 is 1.60 bits per heavy atom. The number of hydrogen-bond donors (Lipinski definition) is 1. The summed E-state index contributed by atoms with van der Waals surface area (Å²) in [7, 11) is 1.70. The fraction of sp³-hybridized carbons (Fsp3) is 0.600. The first kappa shape index (κ1) is 10.0. The molecule has 0 unspecified atom stereocenters. The lowest BCUT2D eigenvalue weighted by Crippen LogP contribution is -2.26. The van der Waals surface area contributed by atoms with E-state index in [-0.39, 0.29) is 12.1 Å². The summed E-state index contributed by atoms with van der Waals surface area (Å²) in [5.41, 5.74) is 7.20. The Bertz CT molecular complexity index is 394. The minimum Gasteiger partial charge on any atom is -0.458 e. The molecule has 1 fully saturated rings. The SMILES string of the molecule is Cc1nn(C)c(C(=O)OC2CCC2)c1N. The second kappa shape index (κ2) is 3.56. The summed E-state index contributed by atoms with van der Waals surface area (Å²) in [5.74, 6) is -0.361. The highest BCUT2D eigenvalue weighted by molar-refractivity contribution is 5.93. The molecule has 15 heavy (non-hydrogen) atoms. The topological polar surface area (TPSA) is 70.1 Å². The number of anilines is 1. The second-order valence-electron chi connectivity index (χ2n) is 3.93. The van der Waals surface area contributed by atoms with E-state index in [1.54, 1.807) is 14.0 Å². The van der Waals surface area contributed by atoms with Crippen LogP contribution in [-0.4, -0.2) is 21.9 Å². The molecule has 0 bridgehead atoms. The molecule has 1 aliphatic carbocycles. The molecule has 1 saturated carbocycles. The van der Waals surface area contributed by atoms with Crippen LogP contribution in [-0.2, 0) is 11.8 Å². The van der Waals surface area contributed by atoms with Crippen molar-refractivity contribution < 1.29 is 9.53 Å². The molecule has 0 amide bonds. The van der Waals surface area contributed by atoms with Crippen molar-refractivity contribution in [3.05, 3.63) is 11.4 Å². The van der Waals surface area contributed by atoms with Crippen molar-refractivity contribution in [2.75, 3.05) is 5.73 Å². The minimum atomic E-state index is -0.361.